The molecule has 0 bridgehead atoms. The molecule has 0 unspecified atom stereocenters. The lowest BCUT2D eigenvalue weighted by atomic mass is 9.99. The first-order chi connectivity index (χ1) is 9.66. The molecule has 0 radical (unpaired) electrons. The van der Waals surface area contributed by atoms with E-state index in [1.54, 1.807) is 6.92 Å². The van der Waals surface area contributed by atoms with Crippen LogP contribution in [0, 0.1) is 0 Å². The first-order valence-corrected chi connectivity index (χ1v) is 6.75. The van der Waals surface area contributed by atoms with Crippen LogP contribution in [0.3, 0.4) is 0 Å². The van der Waals surface area contributed by atoms with Gasteiger partial charge in [-0.05, 0) is 30.5 Å². The van der Waals surface area contributed by atoms with Gasteiger partial charge >= 0.3 is 0 Å². The zero-order valence-electron chi connectivity index (χ0n) is 11.5. The molecule has 0 heterocycles. The van der Waals surface area contributed by atoms with E-state index >= 15 is 0 Å². The highest BCUT2D eigenvalue weighted by molar-refractivity contribution is 5.95. The summed E-state index contributed by atoms with van der Waals surface area (Å²) in [5.74, 6) is -0.141. The first kappa shape index (κ1) is 14.3. The Morgan fingerprint density at radius 3 is 2.45 bits per heavy atom. The predicted octanol–water partition coefficient (Wildman–Crippen LogP) is 2.39. The maximum Gasteiger partial charge on any atom is 0.251 e. The number of benzene rings is 2. The molecular formula is C17H19NO2. The van der Waals surface area contributed by atoms with E-state index in [2.05, 4.69) is 5.32 Å². The van der Waals surface area contributed by atoms with Gasteiger partial charge in [0, 0.05) is 12.1 Å². The van der Waals surface area contributed by atoms with Gasteiger partial charge in [0.2, 0.25) is 0 Å². The molecule has 0 aliphatic carbocycles. The highest BCUT2D eigenvalue weighted by Gasteiger charge is 2.11. The molecule has 2 N–H and O–H groups in total. The Bertz CT molecular complexity index is 564. The van der Waals surface area contributed by atoms with Crippen molar-refractivity contribution in [2.24, 2.45) is 0 Å². The van der Waals surface area contributed by atoms with Crippen LogP contribution in [0.15, 0.2) is 54.6 Å². The SMILES string of the molecule is C[C@H](O)CNC(=O)c1ccccc1Cc1ccccc1. The third-order valence-corrected chi connectivity index (χ3v) is 3.06. The minimum Gasteiger partial charge on any atom is -0.392 e. The molecule has 0 aliphatic heterocycles. The summed E-state index contributed by atoms with van der Waals surface area (Å²) >= 11 is 0. The fourth-order valence-corrected chi connectivity index (χ4v) is 2.05. The smallest absolute Gasteiger partial charge is 0.251 e. The van der Waals surface area contributed by atoms with Crippen molar-refractivity contribution in [3.8, 4) is 0 Å². The summed E-state index contributed by atoms with van der Waals surface area (Å²) in [6.07, 6.45) is 0.180. The van der Waals surface area contributed by atoms with E-state index in [4.69, 9.17) is 0 Å². The summed E-state index contributed by atoms with van der Waals surface area (Å²) in [7, 11) is 0. The summed E-state index contributed by atoms with van der Waals surface area (Å²) in [5, 5.41) is 12.0. The van der Waals surface area contributed by atoms with Crippen molar-refractivity contribution in [2.45, 2.75) is 19.4 Å². The van der Waals surface area contributed by atoms with E-state index in [1.807, 2.05) is 54.6 Å². The number of carbonyl (C=O) groups is 1. The van der Waals surface area contributed by atoms with E-state index in [1.165, 1.54) is 5.56 Å². The molecular weight excluding hydrogens is 250 g/mol. The molecule has 1 amide bonds. The highest BCUT2D eigenvalue weighted by Crippen LogP contribution is 2.14. The fourth-order valence-electron chi connectivity index (χ4n) is 2.05. The summed E-state index contributed by atoms with van der Waals surface area (Å²) in [6.45, 7) is 1.91. The number of rotatable bonds is 5. The summed E-state index contributed by atoms with van der Waals surface area (Å²) in [4.78, 5) is 12.1. The van der Waals surface area contributed by atoms with Gasteiger partial charge in [0.1, 0.15) is 0 Å². The second-order valence-corrected chi connectivity index (χ2v) is 4.88. The van der Waals surface area contributed by atoms with Gasteiger partial charge < -0.3 is 10.4 Å². The van der Waals surface area contributed by atoms with Gasteiger partial charge in [0.25, 0.3) is 5.91 Å². The molecule has 20 heavy (non-hydrogen) atoms. The Hall–Kier alpha value is -2.13. The summed E-state index contributed by atoms with van der Waals surface area (Å²) in [5.41, 5.74) is 2.82. The average molecular weight is 269 g/mol. The predicted molar refractivity (Wildman–Crippen MR) is 79.7 cm³/mol. The summed E-state index contributed by atoms with van der Waals surface area (Å²) < 4.78 is 0. The number of aliphatic hydroxyl groups is 1. The zero-order chi connectivity index (χ0) is 14.4. The molecule has 0 aliphatic rings. The van der Waals surface area contributed by atoms with Gasteiger partial charge in [-0.3, -0.25) is 4.79 Å². The van der Waals surface area contributed by atoms with Crippen LogP contribution in [-0.4, -0.2) is 23.7 Å². The van der Waals surface area contributed by atoms with E-state index in [-0.39, 0.29) is 12.5 Å². The Morgan fingerprint density at radius 2 is 1.75 bits per heavy atom. The molecule has 0 aromatic heterocycles. The average Bonchev–Trinajstić information content (AvgIpc) is 2.46. The normalized spacial score (nSPS) is 11.9. The lowest BCUT2D eigenvalue weighted by molar-refractivity contribution is 0.0923. The Labute approximate surface area is 119 Å². The molecule has 3 heteroatoms. The van der Waals surface area contributed by atoms with Crippen LogP contribution >= 0.6 is 0 Å². The van der Waals surface area contributed by atoms with Gasteiger partial charge in [0.05, 0.1) is 6.10 Å². The number of aliphatic hydroxyl groups excluding tert-OH is 1. The van der Waals surface area contributed by atoms with Crippen LogP contribution in [0.2, 0.25) is 0 Å². The van der Waals surface area contributed by atoms with Gasteiger partial charge in [-0.25, -0.2) is 0 Å². The molecule has 0 fully saturated rings. The quantitative estimate of drug-likeness (QED) is 0.875. The van der Waals surface area contributed by atoms with Crippen molar-refractivity contribution in [1.82, 2.24) is 5.32 Å². The number of carbonyl (C=O) groups excluding carboxylic acids is 1. The largest absolute Gasteiger partial charge is 0.392 e. The number of amides is 1. The topological polar surface area (TPSA) is 49.3 Å². The third-order valence-electron chi connectivity index (χ3n) is 3.06. The van der Waals surface area contributed by atoms with Crippen LogP contribution < -0.4 is 5.32 Å². The van der Waals surface area contributed by atoms with Crippen molar-refractivity contribution in [3.05, 3.63) is 71.3 Å². The molecule has 0 saturated heterocycles. The van der Waals surface area contributed by atoms with E-state index in [9.17, 15) is 9.90 Å². The minimum absolute atomic E-state index is 0.141. The molecule has 2 rings (SSSR count). The van der Waals surface area contributed by atoms with Crippen molar-refractivity contribution in [2.75, 3.05) is 6.54 Å². The van der Waals surface area contributed by atoms with Crippen LogP contribution in [0.5, 0.6) is 0 Å². The zero-order valence-corrected chi connectivity index (χ0v) is 11.5. The first-order valence-electron chi connectivity index (χ1n) is 6.75. The monoisotopic (exact) mass is 269 g/mol. The summed E-state index contributed by atoms with van der Waals surface area (Å²) in [6, 6.07) is 17.6. The molecule has 2 aromatic rings. The Balaban J connectivity index is 2.16. The lowest BCUT2D eigenvalue weighted by Gasteiger charge is -2.11. The van der Waals surface area contributed by atoms with E-state index < -0.39 is 6.10 Å². The number of hydrogen-bond acceptors (Lipinski definition) is 2. The molecule has 3 nitrogen and oxygen atoms in total. The van der Waals surface area contributed by atoms with Crippen LogP contribution in [-0.2, 0) is 6.42 Å². The van der Waals surface area contributed by atoms with Crippen molar-refractivity contribution in [1.29, 1.82) is 0 Å². The van der Waals surface area contributed by atoms with Crippen LogP contribution in [0.25, 0.3) is 0 Å². The maximum absolute atomic E-state index is 12.1. The van der Waals surface area contributed by atoms with Crippen LogP contribution in [0.1, 0.15) is 28.4 Å². The molecule has 2 aromatic carbocycles. The Kier molecular flexibility index (Phi) is 4.91. The van der Waals surface area contributed by atoms with E-state index in [0.717, 1.165) is 12.0 Å². The fraction of sp³-hybridized carbons (Fsp3) is 0.235. The highest BCUT2D eigenvalue weighted by atomic mass is 16.3. The van der Waals surface area contributed by atoms with E-state index in [0.29, 0.717) is 5.56 Å². The van der Waals surface area contributed by atoms with Gasteiger partial charge in [-0.2, -0.15) is 0 Å². The third kappa shape index (κ3) is 3.93. The van der Waals surface area contributed by atoms with Gasteiger partial charge in [-0.1, -0.05) is 48.5 Å². The van der Waals surface area contributed by atoms with Crippen molar-refractivity contribution in [3.63, 3.8) is 0 Å². The van der Waals surface area contributed by atoms with Crippen molar-refractivity contribution >= 4 is 5.91 Å². The van der Waals surface area contributed by atoms with Crippen molar-refractivity contribution < 1.29 is 9.90 Å². The molecule has 104 valence electrons. The van der Waals surface area contributed by atoms with Crippen LogP contribution in [0.4, 0.5) is 0 Å². The Morgan fingerprint density at radius 1 is 1.10 bits per heavy atom. The standard InChI is InChI=1S/C17H19NO2/c1-13(19)12-18-17(20)16-10-6-5-9-15(16)11-14-7-3-2-4-8-14/h2-10,13,19H,11-12H2,1H3,(H,18,20)/t13-/m0/s1. The second-order valence-electron chi connectivity index (χ2n) is 4.88. The molecule has 1 atom stereocenters. The van der Waals surface area contributed by atoms with Gasteiger partial charge in [-0.15, -0.1) is 0 Å². The molecule has 0 saturated carbocycles. The number of nitrogens with one attached hydrogen (secondary N) is 1. The lowest BCUT2D eigenvalue weighted by Crippen LogP contribution is -2.31. The molecule has 0 spiro atoms. The second kappa shape index (κ2) is 6.87. The number of hydrogen-bond donors (Lipinski definition) is 2. The maximum atomic E-state index is 12.1. The van der Waals surface area contributed by atoms with Gasteiger partial charge in [0.15, 0.2) is 0 Å². The minimum atomic E-state index is -0.541.